The van der Waals surface area contributed by atoms with Crippen LogP contribution in [0.15, 0.2) is 61.3 Å². The molecule has 7 nitrogen and oxygen atoms in total. The van der Waals surface area contributed by atoms with E-state index in [1.54, 1.807) is 24.7 Å². The molecule has 4 rings (SSSR count). The van der Waals surface area contributed by atoms with Crippen molar-refractivity contribution in [3.05, 3.63) is 72.2 Å². The second kappa shape index (κ2) is 7.00. The summed E-state index contributed by atoms with van der Waals surface area (Å²) in [7, 11) is 0. The van der Waals surface area contributed by atoms with E-state index < -0.39 is 5.82 Å². The molecule has 27 heavy (non-hydrogen) atoms. The first kappa shape index (κ1) is 16.9. The van der Waals surface area contributed by atoms with E-state index in [9.17, 15) is 4.39 Å². The number of rotatable bonds is 4. The number of halogens is 2. The number of anilines is 3. The van der Waals surface area contributed by atoms with Gasteiger partial charge < -0.3 is 15.6 Å². The molecule has 3 aromatic heterocycles. The highest BCUT2D eigenvalue weighted by atomic mass is 35.5. The van der Waals surface area contributed by atoms with Crippen LogP contribution in [-0.2, 0) is 0 Å². The highest BCUT2D eigenvalue weighted by Crippen LogP contribution is 2.27. The third-order valence-corrected chi connectivity index (χ3v) is 4.07. The number of aromatic nitrogens is 5. The lowest BCUT2D eigenvalue weighted by atomic mass is 10.1. The summed E-state index contributed by atoms with van der Waals surface area (Å²) in [5, 5.41) is 3.04. The van der Waals surface area contributed by atoms with Crippen LogP contribution in [0.1, 0.15) is 0 Å². The molecule has 0 atom stereocenters. The van der Waals surface area contributed by atoms with E-state index in [0.717, 1.165) is 11.1 Å². The second-order valence-electron chi connectivity index (χ2n) is 5.61. The molecule has 1 aromatic carbocycles. The van der Waals surface area contributed by atoms with Gasteiger partial charge in [0.1, 0.15) is 11.6 Å². The van der Waals surface area contributed by atoms with Gasteiger partial charge in [0.2, 0.25) is 11.9 Å². The summed E-state index contributed by atoms with van der Waals surface area (Å²) in [6, 6.07) is 8.08. The van der Waals surface area contributed by atoms with Crippen LogP contribution in [-0.4, -0.2) is 24.5 Å². The molecule has 0 bridgehead atoms. The molecule has 0 spiro atoms. The van der Waals surface area contributed by atoms with E-state index in [1.807, 2.05) is 29.1 Å². The maximum atomic E-state index is 13.3. The highest BCUT2D eigenvalue weighted by Gasteiger charge is 2.12. The van der Waals surface area contributed by atoms with Crippen LogP contribution >= 0.6 is 11.6 Å². The average Bonchev–Trinajstić information content (AvgIpc) is 3.20. The first-order chi connectivity index (χ1) is 13.1. The van der Waals surface area contributed by atoms with E-state index in [1.165, 1.54) is 12.1 Å². The molecule has 0 aliphatic rings. The van der Waals surface area contributed by atoms with Gasteiger partial charge in [0, 0.05) is 47.8 Å². The third kappa shape index (κ3) is 3.56. The van der Waals surface area contributed by atoms with Gasteiger partial charge in [-0.2, -0.15) is 4.98 Å². The summed E-state index contributed by atoms with van der Waals surface area (Å²) in [5.41, 5.74) is 7.59. The Balaban J connectivity index is 1.76. The Kier molecular flexibility index (Phi) is 4.39. The Morgan fingerprint density at radius 2 is 1.78 bits per heavy atom. The normalized spacial score (nSPS) is 10.7. The van der Waals surface area contributed by atoms with Crippen LogP contribution in [0.5, 0.6) is 0 Å². The maximum absolute atomic E-state index is 13.3. The molecule has 0 aliphatic heterocycles. The average molecular weight is 382 g/mol. The predicted molar refractivity (Wildman–Crippen MR) is 101 cm³/mol. The van der Waals surface area contributed by atoms with Crippen molar-refractivity contribution >= 4 is 29.2 Å². The second-order valence-corrected chi connectivity index (χ2v) is 6.01. The number of nitrogens with zero attached hydrogens (tertiary/aromatic N) is 5. The number of nitrogens with one attached hydrogen (secondary N) is 1. The quantitative estimate of drug-likeness (QED) is 0.557. The van der Waals surface area contributed by atoms with Crippen LogP contribution in [0.2, 0.25) is 5.02 Å². The van der Waals surface area contributed by atoms with Gasteiger partial charge in [-0.25, -0.2) is 19.3 Å². The van der Waals surface area contributed by atoms with E-state index in [4.69, 9.17) is 17.3 Å². The Morgan fingerprint density at radius 3 is 2.48 bits per heavy atom. The molecule has 3 heterocycles. The molecule has 0 aliphatic carbocycles. The number of hydrogen-bond acceptors (Lipinski definition) is 6. The van der Waals surface area contributed by atoms with Crippen molar-refractivity contribution < 1.29 is 4.39 Å². The van der Waals surface area contributed by atoms with Gasteiger partial charge >= 0.3 is 0 Å². The Bertz CT molecular complexity index is 1080. The molecular formula is C18H13ClFN7. The zero-order valence-electron chi connectivity index (χ0n) is 13.8. The van der Waals surface area contributed by atoms with Crippen LogP contribution in [0, 0.1) is 5.82 Å². The lowest BCUT2D eigenvalue weighted by Crippen LogP contribution is -2.05. The molecular weight excluding hydrogens is 369 g/mol. The van der Waals surface area contributed by atoms with Crippen molar-refractivity contribution in [2.24, 2.45) is 0 Å². The number of benzene rings is 1. The predicted octanol–water partition coefficient (Wildman–Crippen LogP) is 3.84. The lowest BCUT2D eigenvalue weighted by Gasteiger charge is -2.12. The van der Waals surface area contributed by atoms with Gasteiger partial charge in [-0.05, 0) is 30.3 Å². The molecule has 0 radical (unpaired) electrons. The molecule has 4 aromatic rings. The smallest absolute Gasteiger partial charge is 0.229 e. The van der Waals surface area contributed by atoms with E-state index in [0.29, 0.717) is 17.5 Å². The summed E-state index contributed by atoms with van der Waals surface area (Å²) in [5.74, 6) is 0.657. The minimum absolute atomic E-state index is 0.0151. The fourth-order valence-corrected chi connectivity index (χ4v) is 2.67. The number of nitrogen functional groups attached to an aromatic ring is 1. The fraction of sp³-hybridized carbons (Fsp3) is 0. The number of hydrogen-bond donors (Lipinski definition) is 2. The van der Waals surface area contributed by atoms with Crippen LogP contribution in [0.25, 0.3) is 16.9 Å². The van der Waals surface area contributed by atoms with Crippen molar-refractivity contribution in [2.75, 3.05) is 11.1 Å². The number of nitrogens with two attached hydrogens (primary N) is 1. The minimum atomic E-state index is -0.491. The molecule has 0 fully saturated rings. The van der Waals surface area contributed by atoms with E-state index in [2.05, 4.69) is 25.3 Å². The summed E-state index contributed by atoms with van der Waals surface area (Å²) in [4.78, 5) is 17.0. The maximum Gasteiger partial charge on any atom is 0.229 e. The third-order valence-electron chi connectivity index (χ3n) is 3.78. The van der Waals surface area contributed by atoms with Crippen molar-refractivity contribution in [2.45, 2.75) is 0 Å². The zero-order chi connectivity index (χ0) is 18.8. The fourth-order valence-electron chi connectivity index (χ4n) is 2.49. The lowest BCUT2D eigenvalue weighted by molar-refractivity contribution is 0.628. The summed E-state index contributed by atoms with van der Waals surface area (Å²) >= 11 is 5.83. The Morgan fingerprint density at radius 1 is 1.04 bits per heavy atom. The SMILES string of the molecule is Nc1ncc(-c2cnc(Nc3ccc(F)c(Cl)c3)nc2-n2cccc2)cn1. The monoisotopic (exact) mass is 381 g/mol. The van der Waals surface area contributed by atoms with E-state index >= 15 is 0 Å². The van der Waals surface area contributed by atoms with Crippen molar-refractivity contribution in [1.29, 1.82) is 0 Å². The highest BCUT2D eigenvalue weighted by molar-refractivity contribution is 6.31. The molecule has 3 N–H and O–H groups in total. The molecule has 134 valence electrons. The molecule has 0 saturated heterocycles. The van der Waals surface area contributed by atoms with Gasteiger partial charge in [-0.1, -0.05) is 11.6 Å². The first-order valence-corrected chi connectivity index (χ1v) is 8.28. The Hall–Kier alpha value is -3.52. The molecule has 0 unspecified atom stereocenters. The summed E-state index contributed by atoms with van der Waals surface area (Å²) in [6.45, 7) is 0. The van der Waals surface area contributed by atoms with Crippen molar-refractivity contribution in [3.63, 3.8) is 0 Å². The van der Waals surface area contributed by atoms with Gasteiger partial charge in [0.05, 0.1) is 5.02 Å². The van der Waals surface area contributed by atoms with Gasteiger partial charge in [-0.3, -0.25) is 0 Å². The van der Waals surface area contributed by atoms with E-state index in [-0.39, 0.29) is 11.0 Å². The van der Waals surface area contributed by atoms with Crippen molar-refractivity contribution in [1.82, 2.24) is 24.5 Å². The minimum Gasteiger partial charge on any atom is -0.368 e. The summed E-state index contributed by atoms with van der Waals surface area (Å²) < 4.78 is 15.2. The van der Waals surface area contributed by atoms with Crippen molar-refractivity contribution in [3.8, 4) is 16.9 Å². The van der Waals surface area contributed by atoms with Crippen LogP contribution < -0.4 is 11.1 Å². The topological polar surface area (TPSA) is 94.5 Å². The molecule has 0 amide bonds. The first-order valence-electron chi connectivity index (χ1n) is 7.90. The largest absolute Gasteiger partial charge is 0.368 e. The van der Waals surface area contributed by atoms with Crippen LogP contribution in [0.4, 0.5) is 22.0 Å². The van der Waals surface area contributed by atoms with Gasteiger partial charge in [-0.15, -0.1) is 0 Å². The summed E-state index contributed by atoms with van der Waals surface area (Å²) in [6.07, 6.45) is 8.61. The Labute approximate surface area is 158 Å². The molecule has 0 saturated carbocycles. The zero-order valence-corrected chi connectivity index (χ0v) is 14.6. The van der Waals surface area contributed by atoms with Gasteiger partial charge in [0.15, 0.2) is 0 Å². The molecule has 9 heteroatoms. The van der Waals surface area contributed by atoms with Crippen LogP contribution in [0.3, 0.4) is 0 Å². The standard InChI is InChI=1S/C18H13ClFN7/c19-14-7-12(3-4-15(14)20)25-18-24-10-13(11-8-22-17(21)23-9-11)16(26-18)27-5-1-2-6-27/h1-10H,(H2,21,22,23)(H,24,25,26). The van der Waals surface area contributed by atoms with Gasteiger partial charge in [0.25, 0.3) is 0 Å².